The third-order valence-corrected chi connectivity index (χ3v) is 6.17. The highest BCUT2D eigenvalue weighted by atomic mass is 16.5. The van der Waals surface area contributed by atoms with Gasteiger partial charge in [0.2, 0.25) is 0 Å². The maximum absolute atomic E-state index is 12.4. The van der Waals surface area contributed by atoms with E-state index in [1.54, 1.807) is 31.4 Å². The number of quaternary nitrogens is 1. The smallest absolute Gasteiger partial charge is 0.338 e. The highest BCUT2D eigenvalue weighted by Gasteiger charge is 2.41. The molecule has 1 saturated heterocycles. The van der Waals surface area contributed by atoms with Crippen molar-refractivity contribution >= 4 is 5.97 Å². The van der Waals surface area contributed by atoms with Crippen LogP contribution in [0, 0.1) is 11.8 Å². The number of methoxy groups -OCH3 is 1. The fourth-order valence-electron chi connectivity index (χ4n) is 4.36. The van der Waals surface area contributed by atoms with Crippen LogP contribution in [0.15, 0.2) is 24.3 Å². The maximum Gasteiger partial charge on any atom is 0.338 e. The lowest BCUT2D eigenvalue weighted by Crippen LogP contribution is -2.55. The molecule has 0 amide bonds. The first-order valence-corrected chi connectivity index (χ1v) is 9.21. The normalized spacial score (nSPS) is 32.7. The molecule has 1 aromatic rings. The van der Waals surface area contributed by atoms with Crippen LogP contribution in [0.2, 0.25) is 0 Å². The van der Waals surface area contributed by atoms with Crippen molar-refractivity contribution in [2.24, 2.45) is 11.8 Å². The van der Waals surface area contributed by atoms with Crippen LogP contribution in [0.1, 0.15) is 43.0 Å². The molecule has 1 aliphatic heterocycles. The Kier molecular flexibility index (Phi) is 5.14. The monoisotopic (exact) mass is 332 g/mol. The number of carbonyl (C=O) groups excluding carboxylic acids is 1. The van der Waals surface area contributed by atoms with Crippen LogP contribution in [0.4, 0.5) is 0 Å². The zero-order valence-electron chi connectivity index (χ0n) is 15.2. The molecule has 1 unspecified atom stereocenters. The van der Waals surface area contributed by atoms with Gasteiger partial charge >= 0.3 is 5.97 Å². The molecule has 0 aromatic heterocycles. The quantitative estimate of drug-likeness (QED) is 0.625. The summed E-state index contributed by atoms with van der Waals surface area (Å²) < 4.78 is 12.1. The number of fused-ring (bicyclic) bond motifs is 1. The number of carbonyl (C=O) groups is 1. The number of hydrogen-bond acceptors (Lipinski definition) is 3. The first-order valence-electron chi connectivity index (χ1n) is 9.21. The van der Waals surface area contributed by atoms with E-state index in [0.29, 0.717) is 11.5 Å². The second-order valence-corrected chi connectivity index (χ2v) is 7.72. The molecule has 24 heavy (non-hydrogen) atoms. The Morgan fingerprint density at radius 3 is 2.58 bits per heavy atom. The summed E-state index contributed by atoms with van der Waals surface area (Å²) in [6.07, 6.45) is 4.65. The van der Waals surface area contributed by atoms with Gasteiger partial charge in [0.15, 0.2) is 0 Å². The molecular formula is C20H30NO3+. The molecule has 3 rings (SSSR count). The van der Waals surface area contributed by atoms with Crippen LogP contribution in [0.25, 0.3) is 0 Å². The Balaban J connectivity index is 1.58. The van der Waals surface area contributed by atoms with Gasteiger partial charge in [0, 0.05) is 5.92 Å². The molecule has 1 aromatic carbocycles. The third-order valence-electron chi connectivity index (χ3n) is 6.17. The minimum atomic E-state index is -0.204. The van der Waals surface area contributed by atoms with Crippen molar-refractivity contribution in [2.75, 3.05) is 33.8 Å². The summed E-state index contributed by atoms with van der Waals surface area (Å²) >= 11 is 0. The van der Waals surface area contributed by atoms with Gasteiger partial charge in [0.1, 0.15) is 11.9 Å². The van der Waals surface area contributed by atoms with Gasteiger partial charge in [-0.1, -0.05) is 0 Å². The predicted octanol–water partition coefficient (Wildman–Crippen LogP) is 3.51. The second-order valence-electron chi connectivity index (χ2n) is 7.72. The van der Waals surface area contributed by atoms with Crippen molar-refractivity contribution in [3.05, 3.63) is 29.8 Å². The molecule has 4 nitrogen and oxygen atoms in total. The molecule has 0 bridgehead atoms. The highest BCUT2D eigenvalue weighted by molar-refractivity contribution is 5.89. The lowest BCUT2D eigenvalue weighted by Gasteiger charge is -2.47. The number of likely N-dealkylation sites (tertiary alicyclic amines) is 1. The molecule has 4 atom stereocenters. The Hall–Kier alpha value is -1.55. The lowest BCUT2D eigenvalue weighted by atomic mass is 9.73. The summed E-state index contributed by atoms with van der Waals surface area (Å²) in [5, 5.41) is 0. The zero-order chi connectivity index (χ0) is 17.2. The number of piperidine rings is 1. The standard InChI is InChI=1S/C20H30NO3/c1-4-21(2)12-11-15-5-10-19(13-17(15)14-21)24-20(22)16-6-8-18(23-3)9-7-16/h6-9,15,17,19H,4-5,10-14H2,1-3H3/q+1/t15-,17+,19+,21?/m1/s1. The molecule has 2 fully saturated rings. The zero-order valence-corrected chi connectivity index (χ0v) is 15.2. The van der Waals surface area contributed by atoms with E-state index >= 15 is 0 Å². The minimum absolute atomic E-state index is 0.0734. The third kappa shape index (κ3) is 3.75. The Morgan fingerprint density at radius 1 is 1.17 bits per heavy atom. The van der Waals surface area contributed by atoms with E-state index in [9.17, 15) is 4.79 Å². The fourth-order valence-corrected chi connectivity index (χ4v) is 4.36. The van der Waals surface area contributed by atoms with Crippen LogP contribution in [0.5, 0.6) is 5.75 Å². The summed E-state index contributed by atoms with van der Waals surface area (Å²) in [6, 6.07) is 7.16. The molecule has 1 saturated carbocycles. The average molecular weight is 332 g/mol. The first kappa shape index (κ1) is 17.3. The van der Waals surface area contributed by atoms with Gasteiger partial charge in [-0.2, -0.15) is 0 Å². The number of nitrogens with zero attached hydrogens (tertiary/aromatic N) is 1. The van der Waals surface area contributed by atoms with Gasteiger partial charge in [-0.15, -0.1) is 0 Å². The Bertz CT molecular complexity index is 571. The largest absolute Gasteiger partial charge is 0.497 e. The van der Waals surface area contributed by atoms with Gasteiger partial charge in [-0.25, -0.2) is 4.79 Å². The first-order chi connectivity index (χ1) is 11.5. The van der Waals surface area contributed by atoms with Crippen molar-refractivity contribution in [1.29, 1.82) is 0 Å². The van der Waals surface area contributed by atoms with E-state index in [2.05, 4.69) is 14.0 Å². The van der Waals surface area contributed by atoms with Gasteiger partial charge in [-0.05, 0) is 62.8 Å². The van der Waals surface area contributed by atoms with E-state index in [0.717, 1.165) is 24.5 Å². The number of rotatable bonds is 4. The molecule has 0 N–H and O–H groups in total. The predicted molar refractivity (Wildman–Crippen MR) is 94.1 cm³/mol. The van der Waals surface area contributed by atoms with E-state index in [1.807, 2.05) is 0 Å². The summed E-state index contributed by atoms with van der Waals surface area (Å²) in [4.78, 5) is 12.4. The van der Waals surface area contributed by atoms with Crippen molar-refractivity contribution in [3.8, 4) is 5.75 Å². The molecule has 0 radical (unpaired) electrons. The molecule has 2 aliphatic rings. The van der Waals surface area contributed by atoms with Crippen LogP contribution in [0.3, 0.4) is 0 Å². The molecule has 1 aliphatic carbocycles. The number of ether oxygens (including phenoxy) is 2. The van der Waals surface area contributed by atoms with Gasteiger partial charge in [-0.3, -0.25) is 0 Å². The fraction of sp³-hybridized carbons (Fsp3) is 0.650. The number of esters is 1. The molecule has 132 valence electrons. The van der Waals surface area contributed by atoms with E-state index in [-0.39, 0.29) is 12.1 Å². The summed E-state index contributed by atoms with van der Waals surface area (Å²) in [5.41, 5.74) is 0.607. The number of hydrogen-bond donors (Lipinski definition) is 0. The second kappa shape index (κ2) is 7.14. The molecule has 1 heterocycles. The van der Waals surface area contributed by atoms with Gasteiger partial charge in [0.25, 0.3) is 0 Å². The van der Waals surface area contributed by atoms with Crippen LogP contribution in [-0.4, -0.2) is 50.3 Å². The van der Waals surface area contributed by atoms with Crippen molar-refractivity contribution in [2.45, 2.75) is 38.7 Å². The molecular weight excluding hydrogens is 302 g/mol. The molecule has 4 heteroatoms. The topological polar surface area (TPSA) is 35.5 Å². The van der Waals surface area contributed by atoms with Gasteiger partial charge in [0.05, 0.1) is 39.4 Å². The van der Waals surface area contributed by atoms with E-state index in [4.69, 9.17) is 9.47 Å². The minimum Gasteiger partial charge on any atom is -0.497 e. The van der Waals surface area contributed by atoms with Crippen molar-refractivity contribution < 1.29 is 18.8 Å². The SMILES string of the molecule is CC[N+]1(C)CC[C@H]2CC[C@H](OC(=O)c3ccc(OC)cc3)C[C@H]2C1. The van der Waals surface area contributed by atoms with E-state index < -0.39 is 0 Å². The van der Waals surface area contributed by atoms with Crippen molar-refractivity contribution in [1.82, 2.24) is 0 Å². The van der Waals surface area contributed by atoms with Crippen LogP contribution >= 0.6 is 0 Å². The molecule has 0 spiro atoms. The summed E-state index contributed by atoms with van der Waals surface area (Å²) in [5.74, 6) is 2.08. The number of benzene rings is 1. The maximum atomic E-state index is 12.4. The van der Waals surface area contributed by atoms with E-state index in [1.165, 1.54) is 37.0 Å². The van der Waals surface area contributed by atoms with Crippen LogP contribution in [-0.2, 0) is 4.74 Å². The highest BCUT2D eigenvalue weighted by Crippen LogP contribution is 2.39. The lowest BCUT2D eigenvalue weighted by molar-refractivity contribution is -0.917. The van der Waals surface area contributed by atoms with Crippen molar-refractivity contribution in [3.63, 3.8) is 0 Å². The van der Waals surface area contributed by atoms with Crippen LogP contribution < -0.4 is 4.74 Å². The Labute approximate surface area is 145 Å². The average Bonchev–Trinajstić information content (AvgIpc) is 2.61. The summed E-state index contributed by atoms with van der Waals surface area (Å²) in [7, 11) is 3.99. The Morgan fingerprint density at radius 2 is 1.92 bits per heavy atom. The van der Waals surface area contributed by atoms with Gasteiger partial charge < -0.3 is 14.0 Å². The summed E-state index contributed by atoms with van der Waals surface area (Å²) in [6.45, 7) is 6.01.